The van der Waals surface area contributed by atoms with Crippen LogP contribution in [-0.4, -0.2) is 42.0 Å². The molecule has 1 aliphatic heterocycles. The lowest BCUT2D eigenvalue weighted by atomic mass is 10.0. The largest absolute Gasteiger partial charge is 0.395 e. The quantitative estimate of drug-likeness (QED) is 0.804. The molecule has 0 aliphatic carbocycles. The number of aliphatic hydroxyl groups is 1. The Morgan fingerprint density at radius 3 is 2.30 bits per heavy atom. The third-order valence-corrected chi connectivity index (χ3v) is 5.04. The fourth-order valence-electron chi connectivity index (χ4n) is 3.07. The van der Waals surface area contributed by atoms with Gasteiger partial charge in [0.25, 0.3) is 11.8 Å². The Kier molecular flexibility index (Phi) is 5.35. The standard InChI is InChI=1S/C21H21ClN2O3/c1-13-4-7-15(8-5-13)18-19(23(3)10-11-25)21(27)24(20(18)26)16-9-6-14(2)17(22)12-16/h4-9,12,25H,10-11H2,1-3H3. The molecule has 0 saturated carbocycles. The van der Waals surface area contributed by atoms with Crippen molar-refractivity contribution in [3.05, 3.63) is 69.9 Å². The maximum atomic E-state index is 13.2. The van der Waals surface area contributed by atoms with Crippen LogP contribution in [0.5, 0.6) is 0 Å². The first-order valence-corrected chi connectivity index (χ1v) is 9.01. The van der Waals surface area contributed by atoms with Gasteiger partial charge in [-0.05, 0) is 37.1 Å². The van der Waals surface area contributed by atoms with E-state index in [1.54, 1.807) is 30.1 Å². The summed E-state index contributed by atoms with van der Waals surface area (Å²) in [6, 6.07) is 12.6. The minimum Gasteiger partial charge on any atom is -0.395 e. The van der Waals surface area contributed by atoms with Crippen LogP contribution in [0.3, 0.4) is 0 Å². The van der Waals surface area contributed by atoms with Crippen molar-refractivity contribution in [1.82, 2.24) is 4.90 Å². The van der Waals surface area contributed by atoms with E-state index in [1.807, 2.05) is 38.1 Å². The van der Waals surface area contributed by atoms with Gasteiger partial charge in [0.05, 0.1) is 17.9 Å². The third kappa shape index (κ3) is 3.48. The van der Waals surface area contributed by atoms with Gasteiger partial charge in [-0.15, -0.1) is 0 Å². The minimum absolute atomic E-state index is 0.126. The number of hydrogen-bond acceptors (Lipinski definition) is 4. The zero-order valence-electron chi connectivity index (χ0n) is 15.5. The molecule has 0 aromatic heterocycles. The van der Waals surface area contributed by atoms with Crippen LogP contribution in [0.1, 0.15) is 16.7 Å². The number of anilines is 1. The summed E-state index contributed by atoms with van der Waals surface area (Å²) < 4.78 is 0. The van der Waals surface area contributed by atoms with Gasteiger partial charge in [-0.2, -0.15) is 0 Å². The number of aryl methyl sites for hydroxylation is 2. The van der Waals surface area contributed by atoms with Crippen LogP contribution >= 0.6 is 11.6 Å². The molecule has 2 aromatic rings. The maximum Gasteiger partial charge on any atom is 0.282 e. The van der Waals surface area contributed by atoms with E-state index in [9.17, 15) is 14.7 Å². The van der Waals surface area contributed by atoms with Crippen molar-refractivity contribution in [3.8, 4) is 0 Å². The molecule has 3 rings (SSSR count). The van der Waals surface area contributed by atoms with E-state index >= 15 is 0 Å². The monoisotopic (exact) mass is 384 g/mol. The smallest absolute Gasteiger partial charge is 0.282 e. The molecule has 0 atom stereocenters. The highest BCUT2D eigenvalue weighted by molar-refractivity contribution is 6.45. The number of imide groups is 1. The fourth-order valence-corrected chi connectivity index (χ4v) is 3.24. The Balaban J connectivity index is 2.13. The minimum atomic E-state index is -0.425. The molecule has 0 spiro atoms. The van der Waals surface area contributed by atoms with Crippen molar-refractivity contribution in [3.63, 3.8) is 0 Å². The molecule has 1 heterocycles. The summed E-state index contributed by atoms with van der Waals surface area (Å²) in [5.74, 6) is -0.824. The average molecular weight is 385 g/mol. The van der Waals surface area contributed by atoms with E-state index in [2.05, 4.69) is 0 Å². The van der Waals surface area contributed by atoms with Crippen molar-refractivity contribution in [2.75, 3.05) is 25.1 Å². The van der Waals surface area contributed by atoms with Crippen LogP contribution in [0, 0.1) is 13.8 Å². The van der Waals surface area contributed by atoms with Crippen molar-refractivity contribution in [1.29, 1.82) is 0 Å². The second kappa shape index (κ2) is 7.55. The number of benzene rings is 2. The van der Waals surface area contributed by atoms with Gasteiger partial charge in [0.2, 0.25) is 0 Å². The lowest BCUT2D eigenvalue weighted by Gasteiger charge is -2.20. The van der Waals surface area contributed by atoms with Crippen molar-refractivity contribution >= 4 is 34.7 Å². The van der Waals surface area contributed by atoms with Gasteiger partial charge in [0.1, 0.15) is 5.70 Å². The van der Waals surface area contributed by atoms with Gasteiger partial charge >= 0.3 is 0 Å². The number of aliphatic hydroxyl groups excluding tert-OH is 1. The topological polar surface area (TPSA) is 60.9 Å². The Hall–Kier alpha value is -2.63. The van der Waals surface area contributed by atoms with E-state index in [0.717, 1.165) is 16.0 Å². The zero-order valence-corrected chi connectivity index (χ0v) is 16.2. The molecule has 140 valence electrons. The van der Waals surface area contributed by atoms with E-state index in [1.165, 1.54) is 0 Å². The molecule has 1 aliphatic rings. The van der Waals surface area contributed by atoms with Crippen LogP contribution < -0.4 is 4.90 Å². The highest BCUT2D eigenvalue weighted by Crippen LogP contribution is 2.35. The number of amides is 2. The summed E-state index contributed by atoms with van der Waals surface area (Å²) in [4.78, 5) is 29.2. The summed E-state index contributed by atoms with van der Waals surface area (Å²) in [5, 5.41) is 9.79. The van der Waals surface area contributed by atoms with E-state index < -0.39 is 11.8 Å². The molecule has 0 fully saturated rings. The number of hydrogen-bond donors (Lipinski definition) is 1. The summed E-state index contributed by atoms with van der Waals surface area (Å²) in [6.07, 6.45) is 0. The van der Waals surface area contributed by atoms with Crippen molar-refractivity contribution < 1.29 is 14.7 Å². The molecule has 0 unspecified atom stereocenters. The van der Waals surface area contributed by atoms with Crippen LogP contribution in [-0.2, 0) is 9.59 Å². The first kappa shape index (κ1) is 19.1. The van der Waals surface area contributed by atoms with E-state index in [4.69, 9.17) is 11.6 Å². The lowest BCUT2D eigenvalue weighted by Crippen LogP contribution is -2.34. The molecule has 0 saturated heterocycles. The molecule has 1 N–H and O–H groups in total. The SMILES string of the molecule is Cc1ccc(C2=C(N(C)CCO)C(=O)N(c3ccc(C)c(Cl)c3)C2=O)cc1. The molecule has 27 heavy (non-hydrogen) atoms. The Bertz CT molecular complexity index is 935. The fraction of sp³-hybridized carbons (Fsp3) is 0.238. The predicted molar refractivity (Wildman–Crippen MR) is 106 cm³/mol. The summed E-state index contributed by atoms with van der Waals surface area (Å²) in [5.41, 5.74) is 3.62. The molecule has 2 amide bonds. The van der Waals surface area contributed by atoms with Crippen molar-refractivity contribution in [2.24, 2.45) is 0 Å². The summed E-state index contributed by atoms with van der Waals surface area (Å²) in [7, 11) is 1.69. The van der Waals surface area contributed by atoms with Gasteiger partial charge in [0, 0.05) is 18.6 Å². The van der Waals surface area contributed by atoms with Gasteiger partial charge in [0.15, 0.2) is 0 Å². The first-order chi connectivity index (χ1) is 12.8. The van der Waals surface area contributed by atoms with Crippen LogP contribution in [0.25, 0.3) is 5.57 Å². The first-order valence-electron chi connectivity index (χ1n) is 8.63. The highest BCUT2D eigenvalue weighted by Gasteiger charge is 2.41. The van der Waals surface area contributed by atoms with Gasteiger partial charge in [-0.3, -0.25) is 9.59 Å². The highest BCUT2D eigenvalue weighted by atomic mass is 35.5. The number of carbonyl (C=O) groups excluding carboxylic acids is 2. The van der Waals surface area contributed by atoms with Gasteiger partial charge in [-0.1, -0.05) is 47.5 Å². The second-order valence-corrected chi connectivity index (χ2v) is 7.02. The molecule has 0 bridgehead atoms. The summed E-state index contributed by atoms with van der Waals surface area (Å²) >= 11 is 6.20. The van der Waals surface area contributed by atoms with Gasteiger partial charge < -0.3 is 10.0 Å². The predicted octanol–water partition coefficient (Wildman–Crippen LogP) is 3.17. The number of halogens is 1. The number of rotatable bonds is 5. The molecule has 2 aromatic carbocycles. The van der Waals surface area contributed by atoms with Crippen LogP contribution in [0.4, 0.5) is 5.69 Å². The number of likely N-dealkylation sites (N-methyl/N-ethyl adjacent to an activating group) is 1. The maximum absolute atomic E-state index is 13.2. The lowest BCUT2D eigenvalue weighted by molar-refractivity contribution is -0.120. The third-order valence-electron chi connectivity index (χ3n) is 4.63. The van der Waals surface area contributed by atoms with Crippen LogP contribution in [0.2, 0.25) is 5.02 Å². The Labute approximate surface area is 163 Å². The van der Waals surface area contributed by atoms with Gasteiger partial charge in [-0.25, -0.2) is 4.90 Å². The molecule has 0 radical (unpaired) electrons. The normalized spacial score (nSPS) is 14.3. The van der Waals surface area contributed by atoms with Crippen molar-refractivity contribution in [2.45, 2.75) is 13.8 Å². The molecule has 5 nitrogen and oxygen atoms in total. The Morgan fingerprint density at radius 1 is 1.04 bits per heavy atom. The second-order valence-electron chi connectivity index (χ2n) is 6.61. The molecular formula is C21H21ClN2O3. The number of carbonyl (C=O) groups is 2. The molecule has 6 heteroatoms. The zero-order chi connectivity index (χ0) is 19.7. The van der Waals surface area contributed by atoms with E-state index in [-0.39, 0.29) is 18.8 Å². The average Bonchev–Trinajstić information content (AvgIpc) is 2.89. The Morgan fingerprint density at radius 2 is 1.70 bits per heavy atom. The van der Waals surface area contributed by atoms with E-state index in [0.29, 0.717) is 21.8 Å². The number of nitrogens with zero attached hydrogens (tertiary/aromatic N) is 2. The molecular weight excluding hydrogens is 364 g/mol. The van der Waals surface area contributed by atoms with Crippen LogP contribution in [0.15, 0.2) is 48.2 Å². The summed E-state index contributed by atoms with van der Waals surface area (Å²) in [6.45, 7) is 3.93.